The van der Waals surface area contributed by atoms with Gasteiger partial charge in [-0.1, -0.05) is 12.1 Å². The predicted octanol–water partition coefficient (Wildman–Crippen LogP) is 3.18. The molecule has 1 aliphatic rings. The van der Waals surface area contributed by atoms with E-state index in [1.54, 1.807) is 30.3 Å². The monoisotopic (exact) mass is 328 g/mol. The van der Waals surface area contributed by atoms with Gasteiger partial charge in [0.2, 0.25) is 0 Å². The summed E-state index contributed by atoms with van der Waals surface area (Å²) in [6.07, 6.45) is 1.62. The van der Waals surface area contributed by atoms with Crippen molar-refractivity contribution in [3.05, 3.63) is 58.4 Å². The maximum atomic E-state index is 12.0. The molecule has 2 N–H and O–H groups in total. The molecule has 3 rings (SSSR count). The van der Waals surface area contributed by atoms with E-state index in [2.05, 4.69) is 10.3 Å². The van der Waals surface area contributed by atoms with Gasteiger partial charge < -0.3 is 14.8 Å². The number of carboxylic acids is 1. The van der Waals surface area contributed by atoms with Gasteiger partial charge in [-0.15, -0.1) is 0 Å². The summed E-state index contributed by atoms with van der Waals surface area (Å²) in [6, 6.07) is 9.94. The Kier molecular flexibility index (Phi) is 4.03. The van der Waals surface area contributed by atoms with Crippen molar-refractivity contribution < 1.29 is 19.1 Å². The number of benzene rings is 1. The van der Waals surface area contributed by atoms with E-state index in [4.69, 9.17) is 9.52 Å². The molecule has 0 spiro atoms. The summed E-state index contributed by atoms with van der Waals surface area (Å²) in [5.74, 6) is -0.0337. The number of thioether (sulfide) groups is 1. The quantitative estimate of drug-likeness (QED) is 0.844. The molecule has 23 heavy (non-hydrogen) atoms. The topological polar surface area (TPSA) is 91.9 Å². The number of amidine groups is 1. The Morgan fingerprint density at radius 3 is 2.78 bits per heavy atom. The Morgan fingerprint density at radius 2 is 2.09 bits per heavy atom. The van der Waals surface area contributed by atoms with Crippen molar-refractivity contribution >= 4 is 40.6 Å². The van der Waals surface area contributed by atoms with E-state index in [9.17, 15) is 9.59 Å². The van der Waals surface area contributed by atoms with Crippen LogP contribution in [0.5, 0.6) is 0 Å². The van der Waals surface area contributed by atoms with Crippen molar-refractivity contribution in [1.29, 1.82) is 0 Å². The van der Waals surface area contributed by atoms with Gasteiger partial charge in [0.25, 0.3) is 5.91 Å². The standard InChI is InChI=1S/C16H12N2O4S/c1-9-6-7-10(22-9)8-13-14(19)18-16(23-13)17-12-5-3-2-4-11(12)15(20)21/h2-8H,1H3,(H,20,21)(H,17,18,19)/b13-8-. The zero-order valence-electron chi connectivity index (χ0n) is 12.1. The lowest BCUT2D eigenvalue weighted by molar-refractivity contribution is -0.115. The highest BCUT2D eigenvalue weighted by atomic mass is 32.2. The number of aryl methyl sites for hydroxylation is 1. The number of carboxylic acid groups (broad SMARTS) is 1. The third-order valence-electron chi connectivity index (χ3n) is 3.04. The van der Waals surface area contributed by atoms with Crippen molar-refractivity contribution in [2.45, 2.75) is 6.92 Å². The lowest BCUT2D eigenvalue weighted by atomic mass is 10.2. The second kappa shape index (κ2) is 6.13. The van der Waals surface area contributed by atoms with Gasteiger partial charge in [0.05, 0.1) is 16.2 Å². The molecule has 1 aromatic carbocycles. The first-order valence-corrected chi connectivity index (χ1v) is 7.53. The minimum absolute atomic E-state index is 0.0777. The average Bonchev–Trinajstić information content (AvgIpc) is 3.06. The molecule has 1 amide bonds. The van der Waals surface area contributed by atoms with Crippen LogP contribution in [0.4, 0.5) is 5.69 Å². The van der Waals surface area contributed by atoms with Crippen molar-refractivity contribution in [3.8, 4) is 0 Å². The van der Waals surface area contributed by atoms with E-state index in [1.165, 1.54) is 6.07 Å². The van der Waals surface area contributed by atoms with Crippen molar-refractivity contribution in [1.82, 2.24) is 5.32 Å². The predicted molar refractivity (Wildman–Crippen MR) is 87.7 cm³/mol. The highest BCUT2D eigenvalue weighted by Crippen LogP contribution is 2.29. The molecule has 2 aromatic rings. The van der Waals surface area contributed by atoms with Gasteiger partial charge in [0, 0.05) is 6.08 Å². The smallest absolute Gasteiger partial charge is 0.337 e. The number of amides is 1. The van der Waals surface area contributed by atoms with Crippen molar-refractivity contribution in [2.75, 3.05) is 0 Å². The number of aliphatic imine (C=N–C) groups is 1. The fraction of sp³-hybridized carbons (Fsp3) is 0.0625. The average molecular weight is 328 g/mol. The number of hydrogen-bond donors (Lipinski definition) is 2. The molecule has 0 aliphatic carbocycles. The van der Waals surface area contributed by atoms with Crippen LogP contribution in [0.2, 0.25) is 0 Å². The number of furan rings is 1. The SMILES string of the molecule is Cc1ccc(/C=C2\SC(=Nc3ccccc3C(=O)O)NC2=O)o1. The van der Waals surface area contributed by atoms with E-state index in [0.29, 0.717) is 15.8 Å². The maximum absolute atomic E-state index is 12.0. The summed E-state index contributed by atoms with van der Waals surface area (Å²) in [6.45, 7) is 1.82. The minimum atomic E-state index is -1.07. The summed E-state index contributed by atoms with van der Waals surface area (Å²) in [7, 11) is 0. The summed E-state index contributed by atoms with van der Waals surface area (Å²) in [4.78, 5) is 27.8. The third-order valence-corrected chi connectivity index (χ3v) is 3.95. The zero-order chi connectivity index (χ0) is 16.4. The van der Waals surface area contributed by atoms with Crippen LogP contribution < -0.4 is 5.32 Å². The van der Waals surface area contributed by atoms with Crippen LogP contribution in [0.25, 0.3) is 6.08 Å². The van der Waals surface area contributed by atoms with Crippen LogP contribution in [-0.2, 0) is 4.79 Å². The van der Waals surface area contributed by atoms with Gasteiger partial charge in [-0.3, -0.25) is 4.79 Å². The number of rotatable bonds is 3. The van der Waals surface area contributed by atoms with E-state index < -0.39 is 5.97 Å². The molecular formula is C16H12N2O4S. The van der Waals surface area contributed by atoms with Gasteiger partial charge in [-0.2, -0.15) is 0 Å². The Bertz CT molecular complexity index is 851. The number of carbonyl (C=O) groups excluding carboxylic acids is 1. The van der Waals surface area contributed by atoms with Crippen LogP contribution in [0, 0.1) is 6.92 Å². The highest BCUT2D eigenvalue weighted by molar-refractivity contribution is 8.18. The molecule has 1 aromatic heterocycles. The van der Waals surface area contributed by atoms with Crippen LogP contribution >= 0.6 is 11.8 Å². The van der Waals surface area contributed by atoms with Crippen LogP contribution in [0.15, 0.2) is 50.7 Å². The summed E-state index contributed by atoms with van der Waals surface area (Å²) in [5.41, 5.74) is 0.367. The first-order valence-electron chi connectivity index (χ1n) is 6.71. The number of nitrogens with one attached hydrogen (secondary N) is 1. The molecule has 6 nitrogen and oxygen atoms in total. The molecule has 0 bridgehead atoms. The van der Waals surface area contributed by atoms with Crippen LogP contribution in [0.1, 0.15) is 21.9 Å². The lowest BCUT2D eigenvalue weighted by Gasteiger charge is -2.00. The van der Waals surface area contributed by atoms with E-state index in [0.717, 1.165) is 17.5 Å². The highest BCUT2D eigenvalue weighted by Gasteiger charge is 2.24. The van der Waals surface area contributed by atoms with Gasteiger partial charge >= 0.3 is 5.97 Å². The number of aromatic carboxylic acids is 1. The summed E-state index contributed by atoms with van der Waals surface area (Å²) in [5, 5.41) is 12.1. The van der Waals surface area contributed by atoms with Gasteiger partial charge in [0.1, 0.15) is 11.5 Å². The molecule has 1 aliphatic heterocycles. The molecule has 2 heterocycles. The fourth-order valence-corrected chi connectivity index (χ4v) is 2.82. The molecule has 0 radical (unpaired) electrons. The fourth-order valence-electron chi connectivity index (χ4n) is 2.00. The molecule has 0 saturated carbocycles. The van der Waals surface area contributed by atoms with E-state index >= 15 is 0 Å². The van der Waals surface area contributed by atoms with Gasteiger partial charge in [-0.25, -0.2) is 9.79 Å². The number of carbonyl (C=O) groups is 2. The molecule has 0 atom stereocenters. The van der Waals surface area contributed by atoms with Crippen molar-refractivity contribution in [3.63, 3.8) is 0 Å². The summed E-state index contributed by atoms with van der Waals surface area (Å²) >= 11 is 1.14. The van der Waals surface area contributed by atoms with Crippen LogP contribution in [-0.4, -0.2) is 22.2 Å². The zero-order valence-corrected chi connectivity index (χ0v) is 12.9. The molecule has 7 heteroatoms. The Morgan fingerprint density at radius 1 is 1.30 bits per heavy atom. The second-order valence-corrected chi connectivity index (χ2v) is 5.78. The Labute approximate surface area is 135 Å². The first kappa shape index (κ1) is 15.1. The van der Waals surface area contributed by atoms with Crippen LogP contribution in [0.3, 0.4) is 0 Å². The second-order valence-electron chi connectivity index (χ2n) is 4.75. The van der Waals surface area contributed by atoms with E-state index in [1.807, 2.05) is 13.0 Å². The number of nitrogens with zero attached hydrogens (tertiary/aromatic N) is 1. The lowest BCUT2D eigenvalue weighted by Crippen LogP contribution is -2.19. The summed E-state index contributed by atoms with van der Waals surface area (Å²) < 4.78 is 5.41. The first-order chi connectivity index (χ1) is 11.0. The van der Waals surface area contributed by atoms with Gasteiger partial charge in [-0.05, 0) is 43.0 Å². The van der Waals surface area contributed by atoms with Gasteiger partial charge in [0.15, 0.2) is 5.17 Å². The molecule has 116 valence electrons. The maximum Gasteiger partial charge on any atom is 0.337 e. The molecule has 1 saturated heterocycles. The largest absolute Gasteiger partial charge is 0.478 e. The minimum Gasteiger partial charge on any atom is -0.478 e. The van der Waals surface area contributed by atoms with Crippen molar-refractivity contribution in [2.24, 2.45) is 4.99 Å². The molecule has 0 unspecified atom stereocenters. The number of para-hydroxylation sites is 1. The Balaban J connectivity index is 1.88. The molecular weight excluding hydrogens is 316 g/mol. The third kappa shape index (κ3) is 3.35. The molecule has 1 fully saturated rings. The number of hydrogen-bond acceptors (Lipinski definition) is 5. The van der Waals surface area contributed by atoms with E-state index in [-0.39, 0.29) is 17.2 Å². The normalized spacial score (nSPS) is 17.7. The Hall–Kier alpha value is -2.80.